The summed E-state index contributed by atoms with van der Waals surface area (Å²) in [5, 5.41) is 8.99. The van der Waals surface area contributed by atoms with Gasteiger partial charge in [-0.15, -0.1) is 0 Å². The van der Waals surface area contributed by atoms with E-state index in [1.165, 1.54) is 12.8 Å². The van der Waals surface area contributed by atoms with Gasteiger partial charge in [-0.2, -0.15) is 0 Å². The molecule has 1 heterocycles. The molecular formula is C15H25NO3. The summed E-state index contributed by atoms with van der Waals surface area (Å²) < 4.78 is 5.43. The average molecular weight is 267 g/mol. The van der Waals surface area contributed by atoms with Gasteiger partial charge in [0.2, 0.25) is 5.76 Å². The minimum Gasteiger partial charge on any atom is -0.475 e. The Labute approximate surface area is 115 Å². The van der Waals surface area contributed by atoms with Crippen LogP contribution >= 0.6 is 0 Å². The van der Waals surface area contributed by atoms with Gasteiger partial charge in [0.05, 0.1) is 6.54 Å². The van der Waals surface area contributed by atoms with E-state index in [0.29, 0.717) is 12.1 Å². The Kier molecular flexibility index (Phi) is 6.64. The van der Waals surface area contributed by atoms with Crippen LogP contribution in [0.5, 0.6) is 0 Å². The first-order valence-corrected chi connectivity index (χ1v) is 7.13. The SMILES string of the molecule is CCCCN(CCCC)Cc1cc(C)c(C(=O)O)o1. The molecule has 0 amide bonds. The normalized spacial score (nSPS) is 11.2. The standard InChI is InChI=1S/C15H25NO3/c1-4-6-8-16(9-7-5-2)11-13-10-12(3)14(19-13)15(17)18/h10H,4-9,11H2,1-3H3,(H,17,18). The molecular weight excluding hydrogens is 242 g/mol. The number of nitrogens with zero attached hydrogens (tertiary/aromatic N) is 1. The van der Waals surface area contributed by atoms with Gasteiger partial charge >= 0.3 is 5.97 Å². The van der Waals surface area contributed by atoms with E-state index in [1.807, 2.05) is 6.07 Å². The van der Waals surface area contributed by atoms with E-state index in [9.17, 15) is 4.79 Å². The molecule has 0 atom stereocenters. The third kappa shape index (κ3) is 5.07. The lowest BCUT2D eigenvalue weighted by Crippen LogP contribution is -2.25. The number of rotatable bonds is 9. The highest BCUT2D eigenvalue weighted by Crippen LogP contribution is 2.17. The van der Waals surface area contributed by atoms with Crippen LogP contribution in [0.3, 0.4) is 0 Å². The van der Waals surface area contributed by atoms with Gasteiger partial charge in [-0.1, -0.05) is 26.7 Å². The van der Waals surface area contributed by atoms with Crippen LogP contribution in [0.15, 0.2) is 10.5 Å². The number of unbranched alkanes of at least 4 members (excludes halogenated alkanes) is 2. The van der Waals surface area contributed by atoms with Crippen molar-refractivity contribution in [2.75, 3.05) is 13.1 Å². The number of furan rings is 1. The molecule has 0 aromatic carbocycles. The number of carboxylic acid groups (broad SMARTS) is 1. The number of carbonyl (C=O) groups is 1. The van der Waals surface area contributed by atoms with E-state index in [2.05, 4.69) is 18.7 Å². The lowest BCUT2D eigenvalue weighted by atomic mass is 10.2. The highest BCUT2D eigenvalue weighted by molar-refractivity contribution is 5.86. The van der Waals surface area contributed by atoms with E-state index in [0.717, 1.165) is 31.7 Å². The van der Waals surface area contributed by atoms with E-state index in [-0.39, 0.29) is 5.76 Å². The summed E-state index contributed by atoms with van der Waals surface area (Å²) >= 11 is 0. The molecule has 1 aromatic rings. The fourth-order valence-corrected chi connectivity index (χ4v) is 2.09. The fraction of sp³-hybridized carbons (Fsp3) is 0.667. The highest BCUT2D eigenvalue weighted by atomic mass is 16.4. The Morgan fingerprint density at radius 2 is 1.84 bits per heavy atom. The van der Waals surface area contributed by atoms with Crippen LogP contribution in [0.4, 0.5) is 0 Å². The lowest BCUT2D eigenvalue weighted by Gasteiger charge is -2.20. The van der Waals surface area contributed by atoms with Crippen molar-refractivity contribution < 1.29 is 14.3 Å². The molecule has 0 aliphatic rings. The summed E-state index contributed by atoms with van der Waals surface area (Å²) in [6, 6.07) is 1.84. The van der Waals surface area contributed by atoms with Crippen molar-refractivity contribution in [1.29, 1.82) is 0 Å². The van der Waals surface area contributed by atoms with Crippen molar-refractivity contribution in [2.24, 2.45) is 0 Å². The number of hydrogen-bond acceptors (Lipinski definition) is 3. The minimum atomic E-state index is -0.989. The van der Waals surface area contributed by atoms with Gasteiger partial charge in [-0.25, -0.2) is 4.79 Å². The Morgan fingerprint density at radius 3 is 2.26 bits per heavy atom. The molecule has 1 aromatic heterocycles. The summed E-state index contributed by atoms with van der Waals surface area (Å²) in [6.45, 7) is 8.92. The fourth-order valence-electron chi connectivity index (χ4n) is 2.09. The molecule has 0 saturated heterocycles. The number of hydrogen-bond donors (Lipinski definition) is 1. The Balaban J connectivity index is 2.66. The van der Waals surface area contributed by atoms with Crippen molar-refractivity contribution in [2.45, 2.75) is 53.0 Å². The van der Waals surface area contributed by atoms with Crippen LogP contribution in [0, 0.1) is 6.92 Å². The van der Waals surface area contributed by atoms with Crippen molar-refractivity contribution in [3.8, 4) is 0 Å². The average Bonchev–Trinajstić information content (AvgIpc) is 2.73. The van der Waals surface area contributed by atoms with Crippen LogP contribution in [-0.4, -0.2) is 29.1 Å². The van der Waals surface area contributed by atoms with Gasteiger partial charge < -0.3 is 9.52 Å². The summed E-state index contributed by atoms with van der Waals surface area (Å²) in [5.74, 6) is -0.166. The first-order valence-electron chi connectivity index (χ1n) is 7.13. The van der Waals surface area contributed by atoms with Crippen molar-refractivity contribution in [3.05, 3.63) is 23.2 Å². The Bertz CT molecular complexity index is 390. The number of aryl methyl sites for hydroxylation is 1. The summed E-state index contributed by atoms with van der Waals surface area (Å²) in [6.07, 6.45) is 4.66. The number of carboxylic acids is 1. The zero-order valence-electron chi connectivity index (χ0n) is 12.2. The quantitative estimate of drug-likeness (QED) is 0.741. The Hall–Kier alpha value is -1.29. The molecule has 0 aliphatic heterocycles. The topological polar surface area (TPSA) is 53.7 Å². The molecule has 0 bridgehead atoms. The maximum atomic E-state index is 11.0. The largest absolute Gasteiger partial charge is 0.475 e. The number of aromatic carboxylic acids is 1. The monoisotopic (exact) mass is 267 g/mol. The van der Waals surface area contributed by atoms with Crippen molar-refractivity contribution >= 4 is 5.97 Å². The van der Waals surface area contributed by atoms with E-state index in [4.69, 9.17) is 9.52 Å². The molecule has 0 saturated carbocycles. The van der Waals surface area contributed by atoms with Gasteiger partial charge in [0, 0.05) is 5.56 Å². The van der Waals surface area contributed by atoms with Gasteiger partial charge in [-0.05, 0) is 38.9 Å². The molecule has 0 fully saturated rings. The van der Waals surface area contributed by atoms with Crippen molar-refractivity contribution in [3.63, 3.8) is 0 Å². The first kappa shape index (κ1) is 15.8. The molecule has 4 heteroatoms. The zero-order valence-corrected chi connectivity index (χ0v) is 12.2. The maximum absolute atomic E-state index is 11.0. The van der Waals surface area contributed by atoms with Crippen LogP contribution in [0.1, 0.15) is 61.4 Å². The second-order valence-electron chi connectivity index (χ2n) is 5.01. The lowest BCUT2D eigenvalue weighted by molar-refractivity contribution is 0.0657. The minimum absolute atomic E-state index is 0.0703. The van der Waals surface area contributed by atoms with Crippen LogP contribution in [0.25, 0.3) is 0 Å². The predicted molar refractivity (Wildman–Crippen MR) is 75.5 cm³/mol. The molecule has 0 unspecified atom stereocenters. The Morgan fingerprint density at radius 1 is 1.26 bits per heavy atom. The predicted octanol–water partition coefficient (Wildman–Crippen LogP) is 3.69. The molecule has 1 rings (SSSR count). The molecule has 0 radical (unpaired) electrons. The summed E-state index contributed by atoms with van der Waals surface area (Å²) in [4.78, 5) is 13.3. The van der Waals surface area contributed by atoms with Crippen LogP contribution < -0.4 is 0 Å². The molecule has 4 nitrogen and oxygen atoms in total. The summed E-state index contributed by atoms with van der Waals surface area (Å²) in [5.41, 5.74) is 0.702. The van der Waals surface area contributed by atoms with E-state index >= 15 is 0 Å². The molecule has 0 spiro atoms. The molecule has 108 valence electrons. The molecule has 19 heavy (non-hydrogen) atoms. The third-order valence-electron chi connectivity index (χ3n) is 3.20. The van der Waals surface area contributed by atoms with Crippen molar-refractivity contribution in [1.82, 2.24) is 4.90 Å². The van der Waals surface area contributed by atoms with Crippen LogP contribution in [0.2, 0.25) is 0 Å². The highest BCUT2D eigenvalue weighted by Gasteiger charge is 2.16. The zero-order chi connectivity index (χ0) is 14.3. The van der Waals surface area contributed by atoms with Gasteiger partial charge in [-0.3, -0.25) is 4.90 Å². The molecule has 0 aliphatic carbocycles. The summed E-state index contributed by atoms with van der Waals surface area (Å²) in [7, 11) is 0. The second-order valence-corrected chi connectivity index (χ2v) is 5.01. The second kappa shape index (κ2) is 8.00. The molecule has 1 N–H and O–H groups in total. The van der Waals surface area contributed by atoms with Gasteiger partial charge in [0.25, 0.3) is 0 Å². The third-order valence-corrected chi connectivity index (χ3v) is 3.20. The smallest absolute Gasteiger partial charge is 0.372 e. The van der Waals surface area contributed by atoms with Crippen LogP contribution in [-0.2, 0) is 6.54 Å². The van der Waals surface area contributed by atoms with E-state index < -0.39 is 5.97 Å². The first-order chi connectivity index (χ1) is 9.08. The van der Waals surface area contributed by atoms with Gasteiger partial charge in [0.15, 0.2) is 0 Å². The van der Waals surface area contributed by atoms with Gasteiger partial charge in [0.1, 0.15) is 5.76 Å². The van der Waals surface area contributed by atoms with E-state index in [1.54, 1.807) is 6.92 Å². The maximum Gasteiger partial charge on any atom is 0.372 e.